The molecule has 0 aromatic carbocycles. The molecule has 0 spiro atoms. The van der Waals surface area contributed by atoms with Crippen molar-refractivity contribution in [2.75, 3.05) is 27.2 Å². The lowest BCUT2D eigenvalue weighted by atomic mass is 9.75. The second-order valence-electron chi connectivity index (χ2n) is 7.10. The molecule has 0 aromatic rings. The van der Waals surface area contributed by atoms with Gasteiger partial charge in [-0.25, -0.2) is 0 Å². The highest BCUT2D eigenvalue weighted by Crippen LogP contribution is 2.35. The first kappa shape index (κ1) is 14.3. The minimum absolute atomic E-state index is 0.427. The first-order chi connectivity index (χ1) is 8.62. The van der Waals surface area contributed by atoms with E-state index in [0.717, 1.165) is 11.8 Å². The van der Waals surface area contributed by atoms with Gasteiger partial charge in [0.1, 0.15) is 0 Å². The van der Waals surface area contributed by atoms with Crippen LogP contribution in [0.5, 0.6) is 0 Å². The molecule has 2 saturated carbocycles. The summed E-state index contributed by atoms with van der Waals surface area (Å²) < 4.78 is 0. The van der Waals surface area contributed by atoms with E-state index in [0.29, 0.717) is 5.54 Å². The van der Waals surface area contributed by atoms with E-state index >= 15 is 0 Å². The van der Waals surface area contributed by atoms with Gasteiger partial charge in [0.2, 0.25) is 0 Å². The maximum absolute atomic E-state index is 3.80. The zero-order valence-corrected chi connectivity index (χ0v) is 12.7. The standard InChI is InChI=1S/C16H32N2/c1-14-7-6-10-16(11-14,18(2)3)13-17-12-15-8-4-5-9-15/h14-15,17H,4-13H2,1-3H3. The van der Waals surface area contributed by atoms with E-state index in [1.54, 1.807) is 0 Å². The van der Waals surface area contributed by atoms with Crippen LogP contribution >= 0.6 is 0 Å². The Bertz CT molecular complexity index is 245. The van der Waals surface area contributed by atoms with Gasteiger partial charge in [0, 0.05) is 12.1 Å². The molecule has 2 unspecified atom stereocenters. The van der Waals surface area contributed by atoms with E-state index in [4.69, 9.17) is 0 Å². The second kappa shape index (κ2) is 6.38. The quantitative estimate of drug-likeness (QED) is 0.808. The Morgan fingerprint density at radius 3 is 2.44 bits per heavy atom. The maximum Gasteiger partial charge on any atom is 0.0330 e. The van der Waals surface area contributed by atoms with Crippen LogP contribution in [-0.4, -0.2) is 37.6 Å². The van der Waals surface area contributed by atoms with Crippen molar-refractivity contribution in [3.63, 3.8) is 0 Å². The van der Waals surface area contributed by atoms with E-state index in [1.165, 1.54) is 64.5 Å². The van der Waals surface area contributed by atoms with Gasteiger partial charge in [-0.3, -0.25) is 0 Å². The van der Waals surface area contributed by atoms with Crippen LogP contribution in [0.25, 0.3) is 0 Å². The fraction of sp³-hybridized carbons (Fsp3) is 1.00. The Hall–Kier alpha value is -0.0800. The van der Waals surface area contributed by atoms with Crippen LogP contribution in [0.15, 0.2) is 0 Å². The number of hydrogen-bond acceptors (Lipinski definition) is 2. The Morgan fingerprint density at radius 2 is 1.83 bits per heavy atom. The van der Waals surface area contributed by atoms with Crippen molar-refractivity contribution < 1.29 is 0 Å². The molecule has 0 saturated heterocycles. The van der Waals surface area contributed by atoms with Crippen molar-refractivity contribution in [1.82, 2.24) is 10.2 Å². The third-order valence-corrected chi connectivity index (χ3v) is 5.38. The van der Waals surface area contributed by atoms with Crippen LogP contribution in [0.4, 0.5) is 0 Å². The third-order valence-electron chi connectivity index (χ3n) is 5.38. The lowest BCUT2D eigenvalue weighted by Gasteiger charge is -2.45. The molecule has 2 fully saturated rings. The molecule has 0 radical (unpaired) electrons. The number of hydrogen-bond donors (Lipinski definition) is 1. The summed E-state index contributed by atoms with van der Waals surface area (Å²) in [6.07, 6.45) is 11.4. The van der Waals surface area contributed by atoms with Crippen molar-refractivity contribution in [2.45, 2.75) is 63.8 Å². The van der Waals surface area contributed by atoms with E-state index in [9.17, 15) is 0 Å². The Kier molecular flexibility index (Phi) is 5.08. The van der Waals surface area contributed by atoms with Crippen molar-refractivity contribution in [2.24, 2.45) is 11.8 Å². The summed E-state index contributed by atoms with van der Waals surface area (Å²) in [4.78, 5) is 2.49. The van der Waals surface area contributed by atoms with E-state index < -0.39 is 0 Å². The van der Waals surface area contributed by atoms with Crippen molar-refractivity contribution >= 4 is 0 Å². The highest BCUT2D eigenvalue weighted by Gasteiger charge is 2.36. The van der Waals surface area contributed by atoms with Gasteiger partial charge in [0.15, 0.2) is 0 Å². The van der Waals surface area contributed by atoms with Crippen molar-refractivity contribution in [3.8, 4) is 0 Å². The average Bonchev–Trinajstić information content (AvgIpc) is 2.82. The Balaban J connectivity index is 1.81. The van der Waals surface area contributed by atoms with Gasteiger partial charge in [-0.15, -0.1) is 0 Å². The molecule has 0 aromatic heterocycles. The van der Waals surface area contributed by atoms with E-state index in [2.05, 4.69) is 31.2 Å². The number of rotatable bonds is 5. The van der Waals surface area contributed by atoms with Gasteiger partial charge in [0.05, 0.1) is 0 Å². The Morgan fingerprint density at radius 1 is 1.11 bits per heavy atom. The molecule has 2 nitrogen and oxygen atoms in total. The van der Waals surface area contributed by atoms with Gasteiger partial charge in [0.25, 0.3) is 0 Å². The number of nitrogens with zero attached hydrogens (tertiary/aromatic N) is 1. The predicted octanol–water partition coefficient (Wildman–Crippen LogP) is 3.28. The summed E-state index contributed by atoms with van der Waals surface area (Å²) in [6, 6.07) is 0. The molecule has 2 atom stereocenters. The molecular weight excluding hydrogens is 220 g/mol. The molecule has 2 heteroatoms. The molecule has 0 aliphatic heterocycles. The summed E-state index contributed by atoms with van der Waals surface area (Å²) in [7, 11) is 4.55. The molecule has 0 amide bonds. The van der Waals surface area contributed by atoms with Crippen LogP contribution in [-0.2, 0) is 0 Å². The molecule has 18 heavy (non-hydrogen) atoms. The summed E-state index contributed by atoms with van der Waals surface area (Å²) >= 11 is 0. The average molecular weight is 252 g/mol. The van der Waals surface area contributed by atoms with Crippen LogP contribution in [0.2, 0.25) is 0 Å². The van der Waals surface area contributed by atoms with Crippen LogP contribution in [0.1, 0.15) is 58.3 Å². The normalized spacial score (nSPS) is 34.3. The minimum atomic E-state index is 0.427. The largest absolute Gasteiger partial charge is 0.315 e. The fourth-order valence-corrected chi connectivity index (χ4v) is 4.08. The monoisotopic (exact) mass is 252 g/mol. The first-order valence-electron chi connectivity index (χ1n) is 8.00. The van der Waals surface area contributed by atoms with Crippen LogP contribution < -0.4 is 5.32 Å². The van der Waals surface area contributed by atoms with Gasteiger partial charge >= 0.3 is 0 Å². The SMILES string of the molecule is CC1CCCC(CNCC2CCCC2)(N(C)C)C1. The summed E-state index contributed by atoms with van der Waals surface area (Å²) in [5.41, 5.74) is 0.427. The highest BCUT2D eigenvalue weighted by molar-refractivity contribution is 4.94. The topological polar surface area (TPSA) is 15.3 Å². The third kappa shape index (κ3) is 3.48. The van der Waals surface area contributed by atoms with Crippen LogP contribution in [0, 0.1) is 11.8 Å². The predicted molar refractivity (Wildman–Crippen MR) is 78.9 cm³/mol. The van der Waals surface area contributed by atoms with E-state index in [1.807, 2.05) is 0 Å². The fourth-order valence-electron chi connectivity index (χ4n) is 4.08. The molecule has 106 valence electrons. The summed E-state index contributed by atoms with van der Waals surface area (Å²) in [5, 5.41) is 3.80. The molecule has 2 aliphatic rings. The van der Waals surface area contributed by atoms with Gasteiger partial charge in [-0.1, -0.05) is 32.6 Å². The number of nitrogens with one attached hydrogen (secondary N) is 1. The van der Waals surface area contributed by atoms with Crippen LogP contribution in [0.3, 0.4) is 0 Å². The lowest BCUT2D eigenvalue weighted by Crippen LogP contribution is -2.54. The molecular formula is C16H32N2. The molecule has 2 aliphatic carbocycles. The summed E-state index contributed by atoms with van der Waals surface area (Å²) in [5.74, 6) is 1.86. The lowest BCUT2D eigenvalue weighted by molar-refractivity contribution is 0.0744. The highest BCUT2D eigenvalue weighted by atomic mass is 15.2. The molecule has 0 bridgehead atoms. The maximum atomic E-state index is 3.80. The zero-order chi connectivity index (χ0) is 13.0. The molecule has 2 rings (SSSR count). The second-order valence-corrected chi connectivity index (χ2v) is 7.10. The molecule has 0 heterocycles. The Labute approximate surface area is 114 Å². The molecule has 1 N–H and O–H groups in total. The van der Waals surface area contributed by atoms with Crippen molar-refractivity contribution in [1.29, 1.82) is 0 Å². The first-order valence-corrected chi connectivity index (χ1v) is 8.00. The number of likely N-dealkylation sites (N-methyl/N-ethyl adjacent to an activating group) is 1. The van der Waals surface area contributed by atoms with Gasteiger partial charge in [-0.2, -0.15) is 0 Å². The zero-order valence-electron chi connectivity index (χ0n) is 12.7. The van der Waals surface area contributed by atoms with Gasteiger partial charge < -0.3 is 10.2 Å². The van der Waals surface area contributed by atoms with Crippen molar-refractivity contribution in [3.05, 3.63) is 0 Å². The van der Waals surface area contributed by atoms with Gasteiger partial charge in [-0.05, 0) is 58.2 Å². The van der Waals surface area contributed by atoms with E-state index in [-0.39, 0.29) is 0 Å². The minimum Gasteiger partial charge on any atom is -0.315 e. The smallest absolute Gasteiger partial charge is 0.0330 e. The summed E-state index contributed by atoms with van der Waals surface area (Å²) in [6.45, 7) is 4.87.